The number of ether oxygens (including phenoxy) is 2. The van der Waals surface area contributed by atoms with Crippen molar-refractivity contribution in [2.24, 2.45) is 0 Å². The third kappa shape index (κ3) is 6.15. The maximum absolute atomic E-state index is 13.1. The van der Waals surface area contributed by atoms with Gasteiger partial charge in [-0.1, -0.05) is 42.0 Å². The predicted molar refractivity (Wildman–Crippen MR) is 165 cm³/mol. The first-order valence-electron chi connectivity index (χ1n) is 13.3. The Morgan fingerprint density at radius 3 is 2.42 bits per heavy atom. The summed E-state index contributed by atoms with van der Waals surface area (Å²) in [5.74, 6) is 2.12. The molecule has 0 fully saturated rings. The van der Waals surface area contributed by atoms with Gasteiger partial charge in [0.1, 0.15) is 17.3 Å². The number of hydrogen-bond acceptors (Lipinski definition) is 8. The highest BCUT2D eigenvalue weighted by Gasteiger charge is 2.15. The number of aryl methyl sites for hydroxylation is 1. The summed E-state index contributed by atoms with van der Waals surface area (Å²) in [5.41, 5.74) is 3.14. The first-order valence-corrected chi connectivity index (χ1v) is 13.3. The van der Waals surface area contributed by atoms with Crippen LogP contribution in [0.25, 0.3) is 16.5 Å². The highest BCUT2D eigenvalue weighted by atomic mass is 16.5. The number of nitrogens with zero attached hydrogens (tertiary/aromatic N) is 4. The quantitative estimate of drug-likeness (QED) is 0.153. The maximum atomic E-state index is 13.1. The molecule has 0 aliphatic carbocycles. The number of urea groups is 1. The number of methoxy groups -OCH3 is 1. The van der Waals surface area contributed by atoms with Gasteiger partial charge in [0.05, 0.1) is 18.5 Å². The normalized spacial score (nSPS) is 10.7. The van der Waals surface area contributed by atoms with E-state index in [0.717, 1.165) is 27.8 Å². The van der Waals surface area contributed by atoms with Crippen LogP contribution in [0.2, 0.25) is 0 Å². The fraction of sp³-hybridized carbons (Fsp3) is 0.0625. The van der Waals surface area contributed by atoms with Gasteiger partial charge in [0.2, 0.25) is 17.7 Å². The molecule has 0 atom stereocenters. The molecule has 2 aromatic heterocycles. The molecule has 0 radical (unpaired) electrons. The second kappa shape index (κ2) is 11.8. The lowest BCUT2D eigenvalue weighted by Gasteiger charge is -2.14. The molecule has 0 unspecified atom stereocenters. The molecule has 11 nitrogen and oxygen atoms in total. The number of carbonyl (C=O) groups excluding carboxylic acids is 1. The van der Waals surface area contributed by atoms with Crippen molar-refractivity contribution in [3.05, 3.63) is 109 Å². The second-order valence-electron chi connectivity index (χ2n) is 9.55. The number of aromatic nitrogens is 4. The number of aromatic hydroxyl groups is 1. The van der Waals surface area contributed by atoms with Crippen LogP contribution >= 0.6 is 0 Å². The van der Waals surface area contributed by atoms with Crippen LogP contribution in [0.1, 0.15) is 5.56 Å². The number of anilines is 4. The highest BCUT2D eigenvalue weighted by Crippen LogP contribution is 2.34. The predicted octanol–water partition coefficient (Wildman–Crippen LogP) is 7.02. The molecule has 43 heavy (non-hydrogen) atoms. The number of carbonyl (C=O) groups is 1. The average Bonchev–Trinajstić information content (AvgIpc) is 3.38. The van der Waals surface area contributed by atoms with Gasteiger partial charge in [0.25, 0.3) is 0 Å². The zero-order chi connectivity index (χ0) is 29.8. The zero-order valence-electron chi connectivity index (χ0n) is 23.3. The van der Waals surface area contributed by atoms with Crippen LogP contribution in [0.3, 0.4) is 0 Å². The molecule has 4 N–H and O–H groups in total. The van der Waals surface area contributed by atoms with E-state index in [0.29, 0.717) is 34.8 Å². The summed E-state index contributed by atoms with van der Waals surface area (Å²) < 4.78 is 12.8. The Balaban J connectivity index is 1.20. The lowest BCUT2D eigenvalue weighted by atomic mass is 10.1. The Bertz CT molecular complexity index is 1900. The van der Waals surface area contributed by atoms with Crippen LogP contribution < -0.4 is 25.4 Å². The summed E-state index contributed by atoms with van der Waals surface area (Å²) >= 11 is 0. The Morgan fingerprint density at radius 1 is 0.884 bits per heavy atom. The minimum absolute atomic E-state index is 0.213. The van der Waals surface area contributed by atoms with Crippen molar-refractivity contribution in [2.75, 3.05) is 23.1 Å². The van der Waals surface area contributed by atoms with E-state index in [9.17, 15) is 9.90 Å². The molecule has 11 heteroatoms. The van der Waals surface area contributed by atoms with Crippen LogP contribution in [0.15, 0.2) is 103 Å². The molecule has 0 spiro atoms. The van der Waals surface area contributed by atoms with E-state index in [1.807, 2.05) is 79.7 Å². The number of rotatable bonds is 8. The van der Waals surface area contributed by atoms with E-state index >= 15 is 0 Å². The van der Waals surface area contributed by atoms with Crippen LogP contribution in [0.4, 0.5) is 27.9 Å². The van der Waals surface area contributed by atoms with Crippen LogP contribution in [-0.4, -0.2) is 38.0 Å². The molecule has 0 aliphatic heterocycles. The van der Waals surface area contributed by atoms with Gasteiger partial charge in [-0.25, -0.2) is 14.5 Å². The molecule has 0 bridgehead atoms. The highest BCUT2D eigenvalue weighted by molar-refractivity contribution is 6.07. The lowest BCUT2D eigenvalue weighted by molar-refractivity contribution is 0.262. The molecule has 214 valence electrons. The second-order valence-corrected chi connectivity index (χ2v) is 9.55. The third-order valence-corrected chi connectivity index (χ3v) is 6.54. The van der Waals surface area contributed by atoms with Gasteiger partial charge in [0, 0.05) is 34.8 Å². The van der Waals surface area contributed by atoms with E-state index in [-0.39, 0.29) is 5.88 Å². The summed E-state index contributed by atoms with van der Waals surface area (Å²) in [6, 6.07) is 28.6. The topological polar surface area (TPSA) is 135 Å². The first-order chi connectivity index (χ1) is 20.9. The smallest absolute Gasteiger partial charge is 0.324 e. The van der Waals surface area contributed by atoms with E-state index in [1.54, 1.807) is 31.5 Å². The molecule has 4 aromatic carbocycles. The molecule has 0 aliphatic rings. The fourth-order valence-corrected chi connectivity index (χ4v) is 4.46. The molecular formula is C32H27N7O4. The van der Waals surface area contributed by atoms with Crippen molar-refractivity contribution in [1.29, 1.82) is 0 Å². The van der Waals surface area contributed by atoms with E-state index < -0.39 is 6.03 Å². The SMILES string of the molecule is COc1ccc(Nc2nccc(Oc3ccc(NC(=O)Nc4cc(O)nn4-c4ccc(C)cc4)c4ccccc34)n2)cc1. The minimum Gasteiger partial charge on any atom is -0.497 e. The molecular weight excluding hydrogens is 546 g/mol. The summed E-state index contributed by atoms with van der Waals surface area (Å²) in [6.45, 7) is 1.98. The van der Waals surface area contributed by atoms with Crippen LogP contribution in [-0.2, 0) is 0 Å². The molecule has 6 aromatic rings. The third-order valence-electron chi connectivity index (χ3n) is 6.54. The van der Waals surface area contributed by atoms with Gasteiger partial charge in [-0.15, -0.1) is 5.10 Å². The van der Waals surface area contributed by atoms with Gasteiger partial charge in [-0.05, 0) is 55.5 Å². The first kappa shape index (κ1) is 27.1. The summed E-state index contributed by atoms with van der Waals surface area (Å²) in [5, 5.41) is 24.5. The minimum atomic E-state index is -0.503. The van der Waals surface area contributed by atoms with Crippen LogP contribution in [0, 0.1) is 6.92 Å². The number of hydrogen-bond donors (Lipinski definition) is 4. The lowest BCUT2D eigenvalue weighted by Crippen LogP contribution is -2.21. The van der Waals surface area contributed by atoms with Gasteiger partial charge in [-0.3, -0.25) is 5.32 Å². The van der Waals surface area contributed by atoms with Crippen molar-refractivity contribution in [3.63, 3.8) is 0 Å². The monoisotopic (exact) mass is 573 g/mol. The standard InChI is InChI=1S/C32H27N7O4/c1-20-7-11-22(12-8-20)39-28(19-29(40)38-39)36-32(41)35-26-15-16-27(25-6-4-3-5-24(25)26)43-30-17-18-33-31(37-30)34-21-9-13-23(42-2)14-10-21/h3-19H,1-2H3,(H,38,40)(H,33,34,37)(H2,35,36,41). The molecule has 2 heterocycles. The van der Waals surface area contributed by atoms with Crippen molar-refractivity contribution in [1.82, 2.24) is 19.7 Å². The number of amides is 2. The molecule has 6 rings (SSSR count). The molecule has 0 saturated carbocycles. The van der Waals surface area contributed by atoms with Crippen molar-refractivity contribution in [2.45, 2.75) is 6.92 Å². The zero-order valence-corrected chi connectivity index (χ0v) is 23.3. The van der Waals surface area contributed by atoms with Crippen LogP contribution in [0.5, 0.6) is 23.3 Å². The maximum Gasteiger partial charge on any atom is 0.324 e. The summed E-state index contributed by atoms with van der Waals surface area (Å²) in [7, 11) is 1.61. The Hall–Kier alpha value is -6.10. The largest absolute Gasteiger partial charge is 0.497 e. The molecule has 2 amide bonds. The summed E-state index contributed by atoms with van der Waals surface area (Å²) in [6.07, 6.45) is 1.61. The Labute approximate surface area is 246 Å². The number of benzene rings is 4. The van der Waals surface area contributed by atoms with Crippen molar-refractivity contribution >= 4 is 39.9 Å². The Kier molecular flexibility index (Phi) is 7.43. The van der Waals surface area contributed by atoms with E-state index in [2.05, 4.69) is 31.0 Å². The average molecular weight is 574 g/mol. The van der Waals surface area contributed by atoms with Gasteiger partial charge < -0.3 is 25.2 Å². The number of fused-ring (bicyclic) bond motifs is 1. The Morgan fingerprint density at radius 2 is 1.65 bits per heavy atom. The van der Waals surface area contributed by atoms with Gasteiger partial charge >= 0.3 is 6.03 Å². The number of nitrogens with one attached hydrogen (secondary N) is 3. The van der Waals surface area contributed by atoms with Crippen molar-refractivity contribution in [3.8, 4) is 28.9 Å². The van der Waals surface area contributed by atoms with Gasteiger partial charge in [0.15, 0.2) is 0 Å². The van der Waals surface area contributed by atoms with E-state index in [4.69, 9.17) is 9.47 Å². The van der Waals surface area contributed by atoms with Crippen molar-refractivity contribution < 1.29 is 19.4 Å². The fourth-order valence-electron chi connectivity index (χ4n) is 4.46. The van der Waals surface area contributed by atoms with Gasteiger partial charge in [-0.2, -0.15) is 4.98 Å². The summed E-state index contributed by atoms with van der Waals surface area (Å²) in [4.78, 5) is 21.8. The van der Waals surface area contributed by atoms with E-state index in [1.165, 1.54) is 10.7 Å². The molecule has 0 saturated heterocycles.